The number of nitrogens with one attached hydrogen (secondary N) is 1. The van der Waals surface area contributed by atoms with Crippen molar-refractivity contribution in [3.05, 3.63) is 47.4 Å². The van der Waals surface area contributed by atoms with Crippen molar-refractivity contribution in [3.63, 3.8) is 0 Å². The van der Waals surface area contributed by atoms with E-state index in [1.807, 2.05) is 4.68 Å². The van der Waals surface area contributed by atoms with Crippen molar-refractivity contribution in [2.45, 2.75) is 39.2 Å². The summed E-state index contributed by atoms with van der Waals surface area (Å²) in [5, 5.41) is 7.67. The number of aromatic nitrogens is 3. The smallest absolute Gasteiger partial charge is 0.226 e. The monoisotopic (exact) mass is 337 g/mol. The van der Waals surface area contributed by atoms with Gasteiger partial charge in [-0.05, 0) is 44.4 Å². The minimum Gasteiger partial charge on any atom is -0.372 e. The zero-order valence-electron chi connectivity index (χ0n) is 14.7. The lowest BCUT2D eigenvalue weighted by molar-refractivity contribution is -0.116. The Morgan fingerprint density at radius 1 is 1.20 bits per heavy atom. The van der Waals surface area contributed by atoms with E-state index < -0.39 is 0 Å². The predicted molar refractivity (Wildman–Crippen MR) is 97.7 cm³/mol. The van der Waals surface area contributed by atoms with E-state index in [1.54, 1.807) is 6.33 Å². The average Bonchev–Trinajstić information content (AvgIpc) is 3.10. The molecule has 1 aliphatic heterocycles. The Balaban J connectivity index is 1.77. The molecule has 0 bridgehead atoms. The van der Waals surface area contributed by atoms with Gasteiger partial charge in [0.2, 0.25) is 5.95 Å². The zero-order valence-corrected chi connectivity index (χ0v) is 14.7. The van der Waals surface area contributed by atoms with Crippen LogP contribution in [-0.4, -0.2) is 33.6 Å². The van der Waals surface area contributed by atoms with Gasteiger partial charge in [-0.2, -0.15) is 10.1 Å². The van der Waals surface area contributed by atoms with Crippen molar-refractivity contribution in [2.75, 3.05) is 23.3 Å². The first-order chi connectivity index (χ1) is 12.2. The third-order valence-corrected chi connectivity index (χ3v) is 5.15. The molecule has 0 spiro atoms. The van der Waals surface area contributed by atoms with Crippen LogP contribution >= 0.6 is 0 Å². The lowest BCUT2D eigenvalue weighted by Crippen LogP contribution is -2.31. The summed E-state index contributed by atoms with van der Waals surface area (Å²) >= 11 is 0. The molecular formula is C19H23N5O. The quantitative estimate of drug-likeness (QED) is 0.928. The van der Waals surface area contributed by atoms with Gasteiger partial charge in [-0.3, -0.25) is 4.79 Å². The van der Waals surface area contributed by atoms with E-state index >= 15 is 0 Å². The number of carbonyl (C=O) groups excluding carboxylic acids is 1. The van der Waals surface area contributed by atoms with E-state index in [-0.39, 0.29) is 11.8 Å². The van der Waals surface area contributed by atoms with Crippen molar-refractivity contribution in [2.24, 2.45) is 0 Å². The van der Waals surface area contributed by atoms with Crippen molar-refractivity contribution in [1.82, 2.24) is 14.8 Å². The highest BCUT2D eigenvalue weighted by atomic mass is 16.1. The summed E-state index contributed by atoms with van der Waals surface area (Å²) in [4.78, 5) is 19.3. The lowest BCUT2D eigenvalue weighted by Gasteiger charge is -2.32. The Labute approximate surface area is 147 Å². The molecule has 1 unspecified atom stereocenters. The van der Waals surface area contributed by atoms with Gasteiger partial charge in [0.15, 0.2) is 5.78 Å². The maximum atomic E-state index is 12.6. The minimum absolute atomic E-state index is 0.188. The molecule has 2 aromatic rings. The number of Topliss-reactive ketones (excluding diaryl/α,β-unsaturated/α-hetero) is 1. The van der Waals surface area contributed by atoms with Gasteiger partial charge in [-0.25, -0.2) is 4.68 Å². The molecule has 4 rings (SSSR count). The fourth-order valence-corrected chi connectivity index (χ4v) is 3.86. The fraction of sp³-hybridized carbons (Fsp3) is 0.421. The Kier molecular flexibility index (Phi) is 4.03. The highest BCUT2D eigenvalue weighted by Gasteiger charge is 2.35. The van der Waals surface area contributed by atoms with Crippen LogP contribution in [0.3, 0.4) is 0 Å². The summed E-state index contributed by atoms with van der Waals surface area (Å²) in [5.74, 6) is 0.930. The molecule has 25 heavy (non-hydrogen) atoms. The van der Waals surface area contributed by atoms with Gasteiger partial charge in [0.05, 0.1) is 0 Å². The third-order valence-electron chi connectivity index (χ3n) is 5.15. The van der Waals surface area contributed by atoms with E-state index in [0.717, 1.165) is 42.8 Å². The molecule has 1 aromatic heterocycles. The first-order valence-electron chi connectivity index (χ1n) is 9.00. The molecule has 1 aliphatic carbocycles. The first-order valence-corrected chi connectivity index (χ1v) is 9.00. The Morgan fingerprint density at radius 3 is 2.68 bits per heavy atom. The Hall–Kier alpha value is -2.63. The number of carbonyl (C=O) groups is 1. The normalized spacial score (nSPS) is 19.3. The van der Waals surface area contributed by atoms with Crippen LogP contribution in [0, 0.1) is 0 Å². The van der Waals surface area contributed by atoms with Crippen LogP contribution in [0.1, 0.15) is 44.7 Å². The maximum absolute atomic E-state index is 12.6. The average molecular weight is 337 g/mol. The van der Waals surface area contributed by atoms with E-state index in [4.69, 9.17) is 0 Å². The molecule has 1 N–H and O–H groups in total. The van der Waals surface area contributed by atoms with Crippen LogP contribution in [-0.2, 0) is 4.79 Å². The minimum atomic E-state index is -0.188. The number of nitrogens with zero attached hydrogens (tertiary/aromatic N) is 4. The Bertz CT molecular complexity index is 817. The lowest BCUT2D eigenvalue weighted by atomic mass is 9.85. The number of fused-ring (bicyclic) bond motifs is 1. The second-order valence-corrected chi connectivity index (χ2v) is 6.49. The second-order valence-electron chi connectivity index (χ2n) is 6.49. The molecule has 0 saturated carbocycles. The largest absolute Gasteiger partial charge is 0.372 e. The van der Waals surface area contributed by atoms with Crippen LogP contribution in [0.25, 0.3) is 0 Å². The van der Waals surface area contributed by atoms with E-state index in [2.05, 4.69) is 58.4 Å². The number of anilines is 2. The van der Waals surface area contributed by atoms with Gasteiger partial charge in [0, 0.05) is 36.5 Å². The molecule has 0 saturated heterocycles. The number of benzene rings is 1. The number of ketones is 1. The van der Waals surface area contributed by atoms with Crippen LogP contribution in [0.5, 0.6) is 0 Å². The summed E-state index contributed by atoms with van der Waals surface area (Å²) in [6.45, 7) is 6.27. The molecule has 0 fully saturated rings. The summed E-state index contributed by atoms with van der Waals surface area (Å²) in [6, 6.07) is 8.30. The molecule has 130 valence electrons. The molecule has 2 aliphatic rings. The molecule has 6 nitrogen and oxygen atoms in total. The number of hydrogen-bond donors (Lipinski definition) is 1. The van der Waals surface area contributed by atoms with Crippen LogP contribution in [0.15, 0.2) is 41.9 Å². The molecule has 6 heteroatoms. The summed E-state index contributed by atoms with van der Waals surface area (Å²) in [7, 11) is 0. The van der Waals surface area contributed by atoms with Gasteiger partial charge in [-0.15, -0.1) is 0 Å². The van der Waals surface area contributed by atoms with E-state index in [9.17, 15) is 4.79 Å². The van der Waals surface area contributed by atoms with Crippen molar-refractivity contribution in [3.8, 4) is 0 Å². The standard InChI is InChI=1S/C19H23N5O/c1-3-23(4-2)14-10-8-13(9-11-14)18-17-15(6-5-7-16(17)25)22-19-20-12-21-24(18)19/h8-12,18H,3-7H2,1-2H3,(H,20,21,22). The van der Waals surface area contributed by atoms with Crippen LogP contribution < -0.4 is 10.2 Å². The van der Waals surface area contributed by atoms with Crippen molar-refractivity contribution in [1.29, 1.82) is 0 Å². The number of allylic oxidation sites excluding steroid dienone is 2. The topological polar surface area (TPSA) is 63.1 Å². The molecule has 0 amide bonds. The van der Waals surface area contributed by atoms with Gasteiger partial charge >= 0.3 is 0 Å². The van der Waals surface area contributed by atoms with E-state index in [1.165, 1.54) is 5.69 Å². The van der Waals surface area contributed by atoms with Crippen molar-refractivity contribution >= 4 is 17.4 Å². The fourth-order valence-electron chi connectivity index (χ4n) is 3.86. The maximum Gasteiger partial charge on any atom is 0.226 e. The zero-order chi connectivity index (χ0) is 17.4. The van der Waals surface area contributed by atoms with Gasteiger partial charge in [0.1, 0.15) is 12.4 Å². The summed E-state index contributed by atoms with van der Waals surface area (Å²) < 4.78 is 1.83. The second kappa shape index (κ2) is 6.35. The third kappa shape index (κ3) is 2.62. The summed E-state index contributed by atoms with van der Waals surface area (Å²) in [5.41, 5.74) is 4.13. The van der Waals surface area contributed by atoms with Gasteiger partial charge in [0.25, 0.3) is 0 Å². The molecule has 0 radical (unpaired) electrons. The first kappa shape index (κ1) is 15.9. The van der Waals surface area contributed by atoms with Gasteiger partial charge < -0.3 is 10.2 Å². The highest BCUT2D eigenvalue weighted by molar-refractivity contribution is 5.99. The van der Waals surface area contributed by atoms with Crippen molar-refractivity contribution < 1.29 is 4.79 Å². The summed E-state index contributed by atoms with van der Waals surface area (Å²) in [6.07, 6.45) is 3.94. The van der Waals surface area contributed by atoms with E-state index in [0.29, 0.717) is 12.4 Å². The van der Waals surface area contributed by atoms with Crippen LogP contribution in [0.2, 0.25) is 0 Å². The predicted octanol–water partition coefficient (Wildman–Crippen LogP) is 3.15. The van der Waals surface area contributed by atoms with Crippen LogP contribution in [0.4, 0.5) is 11.6 Å². The molecule has 1 atom stereocenters. The van der Waals surface area contributed by atoms with Gasteiger partial charge in [-0.1, -0.05) is 12.1 Å². The highest BCUT2D eigenvalue weighted by Crippen LogP contribution is 2.39. The molecule has 2 heterocycles. The number of rotatable bonds is 4. The molecular weight excluding hydrogens is 314 g/mol. The SMILES string of the molecule is CCN(CC)c1ccc(C2C3=C(CCCC3=O)Nc3ncnn32)cc1. The molecule has 1 aromatic carbocycles. The Morgan fingerprint density at radius 2 is 1.96 bits per heavy atom. The number of hydrogen-bond acceptors (Lipinski definition) is 5.